The van der Waals surface area contributed by atoms with E-state index in [0.29, 0.717) is 5.75 Å². The van der Waals surface area contributed by atoms with Crippen LogP contribution in [-0.4, -0.2) is 28.7 Å². The van der Waals surface area contributed by atoms with Crippen molar-refractivity contribution in [1.29, 1.82) is 0 Å². The summed E-state index contributed by atoms with van der Waals surface area (Å²) in [5, 5.41) is 11.2. The molecule has 0 atom stereocenters. The van der Waals surface area contributed by atoms with Crippen LogP contribution in [0.3, 0.4) is 0 Å². The van der Waals surface area contributed by atoms with Crippen molar-refractivity contribution >= 4 is 17.5 Å². The summed E-state index contributed by atoms with van der Waals surface area (Å²) in [6.45, 7) is 0. The molecule has 0 saturated heterocycles. The topological polar surface area (TPSA) is 89.8 Å². The molecule has 0 aliphatic carbocycles. The smallest absolute Gasteiger partial charge is 0.312 e. The number of rotatable bonds is 3. The van der Waals surface area contributed by atoms with Gasteiger partial charge in [0.25, 0.3) is 11.8 Å². The summed E-state index contributed by atoms with van der Waals surface area (Å²) in [6, 6.07) is 10.8. The molecule has 7 heteroatoms. The highest BCUT2D eigenvalue weighted by Gasteiger charge is 2.39. The first-order valence-corrected chi connectivity index (χ1v) is 6.37. The van der Waals surface area contributed by atoms with Crippen molar-refractivity contribution < 1.29 is 19.2 Å². The minimum Gasteiger partial charge on any atom is -0.449 e. The standard InChI is InChI=1S/C15H10N2O5/c1-16-14(18)10-7-8-11(17(20)21)13(12(10)15(16)19)22-9-5-3-2-4-6-9/h2-8H,1H3. The lowest BCUT2D eigenvalue weighted by molar-refractivity contribution is -0.385. The molecule has 22 heavy (non-hydrogen) atoms. The molecule has 1 heterocycles. The van der Waals surface area contributed by atoms with E-state index in [1.54, 1.807) is 30.3 Å². The summed E-state index contributed by atoms with van der Waals surface area (Å²) < 4.78 is 5.54. The maximum Gasteiger partial charge on any atom is 0.312 e. The SMILES string of the molecule is CN1C(=O)c2ccc([N+](=O)[O-])c(Oc3ccccc3)c2C1=O. The Kier molecular flexibility index (Phi) is 3.10. The lowest BCUT2D eigenvalue weighted by Crippen LogP contribution is -2.24. The molecule has 1 aliphatic heterocycles. The van der Waals surface area contributed by atoms with Gasteiger partial charge in [-0.2, -0.15) is 0 Å². The van der Waals surface area contributed by atoms with Crippen LogP contribution in [0, 0.1) is 10.1 Å². The third-order valence-corrected chi connectivity index (χ3v) is 3.35. The molecule has 0 fully saturated rings. The summed E-state index contributed by atoms with van der Waals surface area (Å²) in [6.07, 6.45) is 0. The first kappa shape index (κ1) is 13.7. The Morgan fingerprint density at radius 1 is 1.05 bits per heavy atom. The minimum atomic E-state index is -0.644. The van der Waals surface area contributed by atoms with Gasteiger partial charge in [-0.05, 0) is 18.2 Å². The molecule has 110 valence electrons. The number of benzene rings is 2. The number of nitro groups is 1. The number of carbonyl (C=O) groups excluding carboxylic acids is 2. The number of fused-ring (bicyclic) bond motifs is 1. The second-order valence-electron chi connectivity index (χ2n) is 4.68. The predicted molar refractivity (Wildman–Crippen MR) is 76.0 cm³/mol. The van der Waals surface area contributed by atoms with Crippen LogP contribution >= 0.6 is 0 Å². The van der Waals surface area contributed by atoms with Crippen molar-refractivity contribution in [3.8, 4) is 11.5 Å². The summed E-state index contributed by atoms with van der Waals surface area (Å²) in [7, 11) is 1.32. The lowest BCUT2D eigenvalue weighted by atomic mass is 10.1. The van der Waals surface area contributed by atoms with Gasteiger partial charge >= 0.3 is 5.69 Å². The lowest BCUT2D eigenvalue weighted by Gasteiger charge is -2.09. The Bertz CT molecular complexity index is 801. The van der Waals surface area contributed by atoms with Gasteiger partial charge in [0.2, 0.25) is 5.75 Å². The average Bonchev–Trinajstić information content (AvgIpc) is 2.73. The normalized spacial score (nSPS) is 13.2. The first-order valence-electron chi connectivity index (χ1n) is 6.37. The van der Waals surface area contributed by atoms with Crippen molar-refractivity contribution in [2.75, 3.05) is 7.05 Å². The Morgan fingerprint density at radius 3 is 2.36 bits per heavy atom. The molecule has 0 aromatic heterocycles. The van der Waals surface area contributed by atoms with Crippen LogP contribution < -0.4 is 4.74 Å². The van der Waals surface area contributed by atoms with Gasteiger partial charge in [0.1, 0.15) is 11.3 Å². The maximum absolute atomic E-state index is 12.2. The number of carbonyl (C=O) groups is 2. The van der Waals surface area contributed by atoms with Crippen LogP contribution in [-0.2, 0) is 0 Å². The fraction of sp³-hybridized carbons (Fsp3) is 0.0667. The third kappa shape index (κ3) is 1.99. The summed E-state index contributed by atoms with van der Waals surface area (Å²) >= 11 is 0. The van der Waals surface area contributed by atoms with Gasteiger partial charge in [-0.15, -0.1) is 0 Å². The molecule has 0 radical (unpaired) electrons. The molecule has 2 aromatic carbocycles. The first-order chi connectivity index (χ1) is 10.5. The number of imide groups is 1. The van der Waals surface area contributed by atoms with Crippen molar-refractivity contribution in [3.63, 3.8) is 0 Å². The zero-order valence-corrected chi connectivity index (χ0v) is 11.5. The number of para-hydroxylation sites is 1. The number of ether oxygens (including phenoxy) is 1. The van der Waals surface area contributed by atoms with Gasteiger partial charge < -0.3 is 4.74 Å². The molecule has 0 unspecified atom stereocenters. The predicted octanol–water partition coefficient (Wildman–Crippen LogP) is 2.61. The van der Waals surface area contributed by atoms with Crippen LogP contribution in [0.25, 0.3) is 0 Å². The minimum absolute atomic E-state index is 0.0782. The second kappa shape index (κ2) is 4.96. The van der Waals surface area contributed by atoms with Crippen molar-refractivity contribution in [1.82, 2.24) is 4.90 Å². The zero-order valence-electron chi connectivity index (χ0n) is 11.5. The third-order valence-electron chi connectivity index (χ3n) is 3.35. The van der Waals surface area contributed by atoms with Gasteiger partial charge in [0.15, 0.2) is 0 Å². The Balaban J connectivity index is 2.21. The quantitative estimate of drug-likeness (QED) is 0.493. The van der Waals surface area contributed by atoms with Gasteiger partial charge in [-0.3, -0.25) is 24.6 Å². The van der Waals surface area contributed by atoms with Gasteiger partial charge in [0.05, 0.1) is 10.5 Å². The van der Waals surface area contributed by atoms with E-state index in [4.69, 9.17) is 4.74 Å². The van der Waals surface area contributed by atoms with Crippen LogP contribution in [0.1, 0.15) is 20.7 Å². The van der Waals surface area contributed by atoms with Crippen molar-refractivity contribution in [3.05, 3.63) is 63.7 Å². The van der Waals surface area contributed by atoms with Gasteiger partial charge in [-0.25, -0.2) is 0 Å². The molecule has 2 amide bonds. The summed E-state index contributed by atoms with van der Waals surface area (Å²) in [5.74, 6) is -0.993. The molecular weight excluding hydrogens is 288 g/mol. The number of nitrogens with zero attached hydrogens (tertiary/aromatic N) is 2. The summed E-state index contributed by atoms with van der Waals surface area (Å²) in [5.41, 5.74) is -0.339. The number of hydrogen-bond donors (Lipinski definition) is 0. The highest BCUT2D eigenvalue weighted by atomic mass is 16.6. The molecule has 0 N–H and O–H groups in total. The molecule has 0 saturated carbocycles. The second-order valence-corrected chi connectivity index (χ2v) is 4.68. The Morgan fingerprint density at radius 2 is 1.73 bits per heavy atom. The summed E-state index contributed by atoms with van der Waals surface area (Å²) in [4.78, 5) is 35.6. The van der Waals surface area contributed by atoms with E-state index in [0.717, 1.165) is 4.90 Å². The highest BCUT2D eigenvalue weighted by Crippen LogP contribution is 2.40. The fourth-order valence-corrected chi connectivity index (χ4v) is 2.26. The zero-order chi connectivity index (χ0) is 15.9. The molecular formula is C15H10N2O5. The average molecular weight is 298 g/mol. The maximum atomic E-state index is 12.2. The number of hydrogen-bond acceptors (Lipinski definition) is 5. The van der Waals surface area contributed by atoms with E-state index in [2.05, 4.69) is 0 Å². The van der Waals surface area contributed by atoms with E-state index in [1.807, 2.05) is 0 Å². The van der Waals surface area contributed by atoms with Crippen molar-refractivity contribution in [2.24, 2.45) is 0 Å². The largest absolute Gasteiger partial charge is 0.449 e. The van der Waals surface area contributed by atoms with E-state index >= 15 is 0 Å². The van der Waals surface area contributed by atoms with E-state index < -0.39 is 16.7 Å². The molecule has 0 bridgehead atoms. The molecule has 2 aromatic rings. The van der Waals surface area contributed by atoms with Crippen LogP contribution in [0.15, 0.2) is 42.5 Å². The van der Waals surface area contributed by atoms with E-state index in [9.17, 15) is 19.7 Å². The van der Waals surface area contributed by atoms with Crippen LogP contribution in [0.2, 0.25) is 0 Å². The van der Waals surface area contributed by atoms with E-state index in [1.165, 1.54) is 19.2 Å². The molecule has 0 spiro atoms. The van der Waals surface area contributed by atoms with Crippen molar-refractivity contribution in [2.45, 2.75) is 0 Å². The Hall–Kier alpha value is -3.22. The van der Waals surface area contributed by atoms with Crippen LogP contribution in [0.5, 0.6) is 11.5 Å². The molecule has 1 aliphatic rings. The fourth-order valence-electron chi connectivity index (χ4n) is 2.26. The number of nitro benzene ring substituents is 1. The van der Waals surface area contributed by atoms with E-state index in [-0.39, 0.29) is 22.6 Å². The molecule has 7 nitrogen and oxygen atoms in total. The highest BCUT2D eigenvalue weighted by molar-refractivity contribution is 6.23. The van der Waals surface area contributed by atoms with Gasteiger partial charge in [-0.1, -0.05) is 18.2 Å². The Labute approximate surface area is 124 Å². The number of amides is 2. The van der Waals surface area contributed by atoms with Crippen LogP contribution in [0.4, 0.5) is 5.69 Å². The van der Waals surface area contributed by atoms with Gasteiger partial charge in [0, 0.05) is 13.1 Å². The monoisotopic (exact) mass is 298 g/mol. The molecule has 3 rings (SSSR count).